The van der Waals surface area contributed by atoms with Gasteiger partial charge >= 0.3 is 0 Å². The van der Waals surface area contributed by atoms with Crippen LogP contribution in [0.3, 0.4) is 0 Å². The van der Waals surface area contributed by atoms with Gasteiger partial charge in [0.15, 0.2) is 6.04 Å². The van der Waals surface area contributed by atoms with E-state index in [1.165, 1.54) is 61.4 Å². The zero-order valence-electron chi connectivity index (χ0n) is 19.1. The Morgan fingerprint density at radius 1 is 0.903 bits per heavy atom. The molecule has 166 valence electrons. The lowest BCUT2D eigenvalue weighted by molar-refractivity contribution is -1.05. The van der Waals surface area contributed by atoms with E-state index in [4.69, 9.17) is 0 Å². The lowest BCUT2D eigenvalue weighted by Crippen LogP contribution is -3.33. The third-order valence-corrected chi connectivity index (χ3v) is 9.52. The molecule has 0 radical (unpaired) electrons. The number of piperazine rings is 1. The van der Waals surface area contributed by atoms with E-state index in [1.54, 1.807) is 0 Å². The first kappa shape index (κ1) is 19.9. The van der Waals surface area contributed by atoms with Gasteiger partial charge in [-0.1, -0.05) is 17.7 Å². The predicted molar refractivity (Wildman–Crippen MR) is 119 cm³/mol. The van der Waals surface area contributed by atoms with Crippen LogP contribution in [0.5, 0.6) is 0 Å². The molecule has 5 heteroatoms. The third-order valence-electron chi connectivity index (χ3n) is 9.52. The number of quaternary nitrogens is 2. The summed E-state index contributed by atoms with van der Waals surface area (Å²) in [5, 5.41) is 0. The van der Waals surface area contributed by atoms with Crippen LogP contribution >= 0.6 is 0 Å². The van der Waals surface area contributed by atoms with Crippen molar-refractivity contribution in [1.82, 2.24) is 0 Å². The lowest BCUT2D eigenvalue weighted by atomic mass is 9.52. The first-order valence-corrected chi connectivity index (χ1v) is 12.6. The van der Waals surface area contributed by atoms with Crippen LogP contribution in [0.1, 0.15) is 56.1 Å². The number of anilines is 1. The monoisotopic (exact) mass is 423 g/mol. The Bertz CT molecular complexity index is 882. The number of nitrogens with one attached hydrogen (secondary N) is 2. The van der Waals surface area contributed by atoms with E-state index in [-0.39, 0.29) is 17.9 Å². The molecule has 0 unspecified atom stereocenters. The highest BCUT2D eigenvalue weighted by Crippen LogP contribution is 2.54. The quantitative estimate of drug-likeness (QED) is 0.703. The van der Waals surface area contributed by atoms with Crippen molar-refractivity contribution in [2.45, 2.75) is 70.4 Å². The molecule has 4 bridgehead atoms. The number of rotatable bonds is 3. The summed E-state index contributed by atoms with van der Waals surface area (Å²) in [6.45, 7) is 8.44. The highest BCUT2D eigenvalue weighted by Gasteiger charge is 2.57. The smallest absolute Gasteiger partial charge is 0.292 e. The number of carbonyl (C=O) groups excluding carboxylic acids is 2. The van der Waals surface area contributed by atoms with Gasteiger partial charge in [-0.3, -0.25) is 9.59 Å². The molecule has 2 heterocycles. The minimum atomic E-state index is -0.189. The molecule has 6 fully saturated rings. The minimum absolute atomic E-state index is 0.0187. The molecule has 1 atom stereocenters. The number of benzene rings is 1. The number of nitrogens with zero attached hydrogens (tertiary/aromatic N) is 1. The van der Waals surface area contributed by atoms with E-state index in [1.807, 2.05) is 30.9 Å². The molecule has 2 N–H and O–H groups in total. The molecule has 4 saturated carbocycles. The predicted octanol–water partition coefficient (Wildman–Crippen LogP) is 0.688. The van der Waals surface area contributed by atoms with E-state index in [0.29, 0.717) is 12.0 Å². The van der Waals surface area contributed by atoms with Gasteiger partial charge < -0.3 is 9.80 Å². The number of hydrogen-bond donors (Lipinski definition) is 2. The first-order valence-electron chi connectivity index (χ1n) is 12.6. The fraction of sp³-hybridized carbons (Fsp3) is 0.692. The Kier molecular flexibility index (Phi) is 4.59. The molecule has 2 aliphatic heterocycles. The average molecular weight is 424 g/mol. The summed E-state index contributed by atoms with van der Waals surface area (Å²) < 4.78 is 0. The topological polar surface area (TPSA) is 46.3 Å². The number of imide groups is 1. The van der Waals surface area contributed by atoms with Gasteiger partial charge in [0.05, 0.1) is 17.6 Å². The van der Waals surface area contributed by atoms with Crippen LogP contribution in [-0.4, -0.2) is 49.6 Å². The van der Waals surface area contributed by atoms with Crippen LogP contribution in [0.15, 0.2) is 18.2 Å². The van der Waals surface area contributed by atoms with Crippen LogP contribution < -0.4 is 14.7 Å². The highest BCUT2D eigenvalue weighted by molar-refractivity contribution is 6.22. The molecule has 6 aliphatic rings. The van der Waals surface area contributed by atoms with Crippen LogP contribution in [0.4, 0.5) is 5.69 Å². The second-order valence-electron chi connectivity index (χ2n) is 11.6. The Balaban J connectivity index is 1.14. The fourth-order valence-electron chi connectivity index (χ4n) is 8.56. The van der Waals surface area contributed by atoms with Crippen LogP contribution in [0.2, 0.25) is 0 Å². The minimum Gasteiger partial charge on any atom is -0.321 e. The van der Waals surface area contributed by atoms with Gasteiger partial charge in [-0.25, -0.2) is 4.90 Å². The van der Waals surface area contributed by atoms with Gasteiger partial charge in [-0.15, -0.1) is 0 Å². The van der Waals surface area contributed by atoms with E-state index in [0.717, 1.165) is 47.7 Å². The highest BCUT2D eigenvalue weighted by atomic mass is 16.2. The standard InChI is InChI=1S/C26H35N3O2/c1-17-3-4-22(18(2)9-17)29-24(30)13-23(25(29)31)27-5-7-28(8-6-27)26-14-19-10-20(15-26)12-21(11-19)16-26/h3-4,9,19-21,23H,5-8,10-16H2,1-2H3/p+2/t19?,20?,21?,23-,26?/m1/s1. The van der Waals surface area contributed by atoms with Crippen molar-refractivity contribution in [2.24, 2.45) is 17.8 Å². The van der Waals surface area contributed by atoms with Crippen LogP contribution in [0.25, 0.3) is 0 Å². The van der Waals surface area contributed by atoms with Crippen molar-refractivity contribution in [1.29, 1.82) is 0 Å². The largest absolute Gasteiger partial charge is 0.321 e. The summed E-state index contributed by atoms with van der Waals surface area (Å²) in [5.41, 5.74) is 3.49. The number of carbonyl (C=O) groups is 2. The van der Waals surface area contributed by atoms with Gasteiger partial charge in [0.2, 0.25) is 5.91 Å². The van der Waals surface area contributed by atoms with E-state index in [9.17, 15) is 9.59 Å². The average Bonchev–Trinajstić information content (AvgIpc) is 3.01. The molecular formula is C26H37N3O2+2. The summed E-state index contributed by atoms with van der Waals surface area (Å²) in [4.78, 5) is 30.8. The molecule has 1 aromatic carbocycles. The van der Waals surface area contributed by atoms with Gasteiger partial charge in [0.25, 0.3) is 5.91 Å². The molecular weight excluding hydrogens is 386 g/mol. The van der Waals surface area contributed by atoms with Crippen molar-refractivity contribution in [3.05, 3.63) is 29.3 Å². The van der Waals surface area contributed by atoms with Crippen LogP contribution in [-0.2, 0) is 9.59 Å². The SMILES string of the molecule is Cc1ccc(N2C(=O)C[C@@H]([NH+]3CC[NH+](C45CC6CC(CC(C6)C4)C5)CC3)C2=O)c(C)c1. The van der Waals surface area contributed by atoms with E-state index < -0.39 is 0 Å². The number of aryl methyl sites for hydroxylation is 2. The molecule has 5 nitrogen and oxygen atoms in total. The van der Waals surface area contributed by atoms with Gasteiger partial charge in [0.1, 0.15) is 26.2 Å². The van der Waals surface area contributed by atoms with Gasteiger partial charge in [-0.05, 0) is 62.5 Å². The Labute approximate surface area is 185 Å². The Hall–Kier alpha value is -1.72. The summed E-state index contributed by atoms with van der Waals surface area (Å²) in [5.74, 6) is 2.97. The lowest BCUT2D eigenvalue weighted by Gasteiger charge is -2.58. The third kappa shape index (κ3) is 3.19. The number of amides is 2. The second kappa shape index (κ2) is 7.14. The van der Waals surface area contributed by atoms with Crippen molar-refractivity contribution >= 4 is 17.5 Å². The summed E-state index contributed by atoms with van der Waals surface area (Å²) in [6, 6.07) is 5.80. The summed E-state index contributed by atoms with van der Waals surface area (Å²) >= 11 is 0. The van der Waals surface area contributed by atoms with Crippen molar-refractivity contribution in [3.63, 3.8) is 0 Å². The molecule has 0 spiro atoms. The molecule has 0 aromatic heterocycles. The zero-order valence-corrected chi connectivity index (χ0v) is 19.1. The second-order valence-corrected chi connectivity index (χ2v) is 11.6. The van der Waals surface area contributed by atoms with Crippen molar-refractivity contribution in [3.8, 4) is 0 Å². The normalized spacial score (nSPS) is 41.9. The molecule has 7 rings (SSSR count). The van der Waals surface area contributed by atoms with E-state index in [2.05, 4.69) is 6.07 Å². The van der Waals surface area contributed by atoms with Crippen LogP contribution in [0, 0.1) is 31.6 Å². The van der Waals surface area contributed by atoms with E-state index >= 15 is 0 Å². The maximum Gasteiger partial charge on any atom is 0.292 e. The molecule has 1 aromatic rings. The molecule has 2 amide bonds. The maximum absolute atomic E-state index is 13.3. The first-order chi connectivity index (χ1) is 14.9. The zero-order chi connectivity index (χ0) is 21.3. The molecule has 4 aliphatic carbocycles. The van der Waals surface area contributed by atoms with Crippen molar-refractivity contribution < 1.29 is 19.4 Å². The van der Waals surface area contributed by atoms with Gasteiger partial charge in [0, 0.05) is 19.3 Å². The van der Waals surface area contributed by atoms with Gasteiger partial charge in [-0.2, -0.15) is 0 Å². The Morgan fingerprint density at radius 3 is 2.10 bits per heavy atom. The molecule has 31 heavy (non-hydrogen) atoms. The Morgan fingerprint density at radius 2 is 1.52 bits per heavy atom. The fourth-order valence-corrected chi connectivity index (χ4v) is 8.56. The van der Waals surface area contributed by atoms with Crippen molar-refractivity contribution in [2.75, 3.05) is 31.1 Å². The molecule has 2 saturated heterocycles. The summed E-state index contributed by atoms with van der Waals surface area (Å²) in [6.07, 6.45) is 9.21. The summed E-state index contributed by atoms with van der Waals surface area (Å²) in [7, 11) is 0. The number of hydrogen-bond acceptors (Lipinski definition) is 2. The maximum atomic E-state index is 13.3.